The van der Waals surface area contributed by atoms with Gasteiger partial charge in [-0.15, -0.1) is 0 Å². The van der Waals surface area contributed by atoms with E-state index in [4.69, 9.17) is 14.2 Å². The number of methoxy groups -OCH3 is 3. The van der Waals surface area contributed by atoms with Crippen molar-refractivity contribution < 1.29 is 24.1 Å². The molecule has 0 spiro atoms. The number of rotatable bonds is 7. The lowest BCUT2D eigenvalue weighted by atomic mass is 10.1. The highest BCUT2D eigenvalue weighted by atomic mass is 16.5. The topological polar surface area (TPSA) is 77.0 Å². The Morgan fingerprint density at radius 2 is 1.67 bits per heavy atom. The summed E-state index contributed by atoms with van der Waals surface area (Å²) < 4.78 is 15.6. The summed E-state index contributed by atoms with van der Waals surface area (Å²) in [7, 11) is 4.52. The number of aliphatic hydroxyl groups is 1. The van der Waals surface area contributed by atoms with E-state index in [0.29, 0.717) is 28.4 Å². The number of benzene rings is 2. The SMILES string of the molecule is COc1cccc(C(O)CNC(=O)c2c(OC)cccc2OC)c1. The molecule has 0 saturated carbocycles. The summed E-state index contributed by atoms with van der Waals surface area (Å²) in [5.41, 5.74) is 0.946. The van der Waals surface area contributed by atoms with Gasteiger partial charge in [0.1, 0.15) is 22.8 Å². The fraction of sp³-hybridized carbons (Fsp3) is 0.278. The van der Waals surface area contributed by atoms with Crippen LogP contribution in [0.2, 0.25) is 0 Å². The van der Waals surface area contributed by atoms with E-state index in [9.17, 15) is 9.90 Å². The third kappa shape index (κ3) is 3.97. The molecule has 2 N–H and O–H groups in total. The lowest BCUT2D eigenvalue weighted by Gasteiger charge is -2.16. The molecule has 0 aliphatic heterocycles. The molecule has 1 atom stereocenters. The van der Waals surface area contributed by atoms with Crippen molar-refractivity contribution >= 4 is 5.91 Å². The number of carbonyl (C=O) groups is 1. The molecule has 24 heavy (non-hydrogen) atoms. The minimum Gasteiger partial charge on any atom is -0.497 e. The maximum absolute atomic E-state index is 12.5. The second kappa shape index (κ2) is 8.21. The molecule has 0 aliphatic rings. The van der Waals surface area contributed by atoms with E-state index in [1.165, 1.54) is 14.2 Å². The van der Waals surface area contributed by atoms with Crippen LogP contribution in [0.5, 0.6) is 17.2 Å². The fourth-order valence-corrected chi connectivity index (χ4v) is 2.32. The van der Waals surface area contributed by atoms with Crippen LogP contribution in [-0.2, 0) is 0 Å². The average molecular weight is 331 g/mol. The lowest BCUT2D eigenvalue weighted by molar-refractivity contribution is 0.0910. The maximum atomic E-state index is 12.5. The zero-order chi connectivity index (χ0) is 17.5. The summed E-state index contributed by atoms with van der Waals surface area (Å²) in [4.78, 5) is 12.5. The second-order valence-electron chi connectivity index (χ2n) is 5.04. The highest BCUT2D eigenvalue weighted by molar-refractivity contribution is 5.99. The number of hydrogen-bond acceptors (Lipinski definition) is 5. The first-order chi connectivity index (χ1) is 11.6. The average Bonchev–Trinajstić information content (AvgIpc) is 2.64. The third-order valence-electron chi connectivity index (χ3n) is 3.59. The number of hydrogen-bond donors (Lipinski definition) is 2. The zero-order valence-electron chi connectivity index (χ0n) is 13.9. The minimum absolute atomic E-state index is 0.0488. The van der Waals surface area contributed by atoms with Gasteiger partial charge >= 0.3 is 0 Å². The van der Waals surface area contributed by atoms with E-state index in [1.807, 2.05) is 0 Å². The molecule has 2 rings (SSSR count). The Hall–Kier alpha value is -2.73. The first kappa shape index (κ1) is 17.6. The van der Waals surface area contributed by atoms with Crippen LogP contribution in [0, 0.1) is 0 Å². The van der Waals surface area contributed by atoms with E-state index >= 15 is 0 Å². The van der Waals surface area contributed by atoms with Crippen LogP contribution in [-0.4, -0.2) is 38.9 Å². The van der Waals surface area contributed by atoms with E-state index in [-0.39, 0.29) is 12.5 Å². The molecule has 0 aliphatic carbocycles. The number of nitrogens with one attached hydrogen (secondary N) is 1. The predicted octanol–water partition coefficient (Wildman–Crippen LogP) is 2.18. The summed E-state index contributed by atoms with van der Waals surface area (Å²) in [5.74, 6) is 1.07. The molecule has 2 aromatic carbocycles. The van der Waals surface area contributed by atoms with Crippen molar-refractivity contribution in [3.05, 3.63) is 53.6 Å². The first-order valence-electron chi connectivity index (χ1n) is 7.42. The fourth-order valence-electron chi connectivity index (χ4n) is 2.32. The summed E-state index contributed by atoms with van der Waals surface area (Å²) in [5, 5.41) is 13.0. The van der Waals surface area contributed by atoms with Gasteiger partial charge in [0.05, 0.1) is 27.4 Å². The largest absolute Gasteiger partial charge is 0.497 e. The van der Waals surface area contributed by atoms with Crippen LogP contribution in [0.4, 0.5) is 0 Å². The second-order valence-corrected chi connectivity index (χ2v) is 5.04. The van der Waals surface area contributed by atoms with Gasteiger partial charge in [0.15, 0.2) is 0 Å². The van der Waals surface area contributed by atoms with Gasteiger partial charge in [-0.3, -0.25) is 4.79 Å². The molecule has 0 saturated heterocycles. The van der Waals surface area contributed by atoms with Crippen LogP contribution in [0.25, 0.3) is 0 Å². The van der Waals surface area contributed by atoms with E-state index < -0.39 is 6.10 Å². The van der Waals surface area contributed by atoms with Gasteiger partial charge < -0.3 is 24.6 Å². The van der Waals surface area contributed by atoms with Crippen molar-refractivity contribution in [3.8, 4) is 17.2 Å². The minimum atomic E-state index is -0.857. The molecule has 2 aromatic rings. The van der Waals surface area contributed by atoms with Gasteiger partial charge in [0, 0.05) is 6.54 Å². The zero-order valence-corrected chi connectivity index (χ0v) is 13.9. The number of amides is 1. The van der Waals surface area contributed by atoms with Crippen LogP contribution >= 0.6 is 0 Å². The van der Waals surface area contributed by atoms with Crippen molar-refractivity contribution in [1.82, 2.24) is 5.32 Å². The smallest absolute Gasteiger partial charge is 0.258 e. The molecule has 0 fully saturated rings. The Bertz CT molecular complexity index is 679. The Morgan fingerprint density at radius 1 is 1.04 bits per heavy atom. The van der Waals surface area contributed by atoms with Gasteiger partial charge in [-0.25, -0.2) is 0 Å². The molecule has 0 aromatic heterocycles. The van der Waals surface area contributed by atoms with Crippen LogP contribution in [0.15, 0.2) is 42.5 Å². The molecular weight excluding hydrogens is 310 g/mol. The van der Waals surface area contributed by atoms with Gasteiger partial charge in [-0.1, -0.05) is 18.2 Å². The van der Waals surface area contributed by atoms with Crippen molar-refractivity contribution in [2.24, 2.45) is 0 Å². The summed E-state index contributed by atoms with van der Waals surface area (Å²) in [6.45, 7) is 0.0488. The number of carbonyl (C=O) groups excluding carboxylic acids is 1. The summed E-state index contributed by atoms with van der Waals surface area (Å²) in [6, 6.07) is 12.1. The third-order valence-corrected chi connectivity index (χ3v) is 3.59. The van der Waals surface area contributed by atoms with E-state index in [2.05, 4.69) is 5.32 Å². The molecule has 6 heteroatoms. The Labute approximate surface area is 141 Å². The molecule has 6 nitrogen and oxygen atoms in total. The van der Waals surface area contributed by atoms with Gasteiger partial charge in [-0.2, -0.15) is 0 Å². The first-order valence-corrected chi connectivity index (χ1v) is 7.42. The Kier molecular flexibility index (Phi) is 6.03. The van der Waals surface area contributed by atoms with Crippen molar-refractivity contribution in [2.75, 3.05) is 27.9 Å². The van der Waals surface area contributed by atoms with Gasteiger partial charge in [0.25, 0.3) is 5.91 Å². The Morgan fingerprint density at radius 3 is 2.25 bits per heavy atom. The lowest BCUT2D eigenvalue weighted by Crippen LogP contribution is -2.29. The van der Waals surface area contributed by atoms with Crippen LogP contribution < -0.4 is 19.5 Å². The number of aliphatic hydroxyl groups excluding tert-OH is 1. The molecule has 0 radical (unpaired) electrons. The van der Waals surface area contributed by atoms with Crippen LogP contribution in [0.3, 0.4) is 0 Å². The molecule has 128 valence electrons. The molecule has 0 bridgehead atoms. The highest BCUT2D eigenvalue weighted by Gasteiger charge is 2.19. The quantitative estimate of drug-likeness (QED) is 0.813. The highest BCUT2D eigenvalue weighted by Crippen LogP contribution is 2.28. The van der Waals surface area contributed by atoms with E-state index in [1.54, 1.807) is 49.6 Å². The standard InChI is InChI=1S/C18H21NO5/c1-22-13-7-4-6-12(10-13)14(20)11-19-18(21)17-15(23-2)8-5-9-16(17)24-3/h4-10,14,20H,11H2,1-3H3,(H,19,21). The van der Waals surface area contributed by atoms with Crippen LogP contribution in [0.1, 0.15) is 22.0 Å². The number of ether oxygens (including phenoxy) is 3. The van der Waals surface area contributed by atoms with Crippen molar-refractivity contribution in [3.63, 3.8) is 0 Å². The van der Waals surface area contributed by atoms with Crippen molar-refractivity contribution in [2.45, 2.75) is 6.10 Å². The predicted molar refractivity (Wildman–Crippen MR) is 89.8 cm³/mol. The normalized spacial score (nSPS) is 11.5. The van der Waals surface area contributed by atoms with Gasteiger partial charge in [0.2, 0.25) is 0 Å². The molecule has 1 unspecified atom stereocenters. The van der Waals surface area contributed by atoms with Crippen molar-refractivity contribution in [1.29, 1.82) is 0 Å². The monoisotopic (exact) mass is 331 g/mol. The summed E-state index contributed by atoms with van der Waals surface area (Å²) in [6.07, 6.45) is -0.857. The summed E-state index contributed by atoms with van der Waals surface area (Å²) >= 11 is 0. The van der Waals surface area contributed by atoms with Gasteiger partial charge in [-0.05, 0) is 29.8 Å². The molecular formula is C18H21NO5. The van der Waals surface area contributed by atoms with E-state index in [0.717, 1.165) is 0 Å². The Balaban J connectivity index is 2.10. The molecule has 1 amide bonds. The molecule has 0 heterocycles. The maximum Gasteiger partial charge on any atom is 0.258 e.